The summed E-state index contributed by atoms with van der Waals surface area (Å²) < 4.78 is 5.36. The number of ether oxygens (including phenoxy) is 1. The molecule has 4 rings (SSSR count). The maximum absolute atomic E-state index is 12.2. The maximum Gasteiger partial charge on any atom is 0.256 e. The van der Waals surface area contributed by atoms with Gasteiger partial charge in [0.1, 0.15) is 0 Å². The smallest absolute Gasteiger partial charge is 0.256 e. The summed E-state index contributed by atoms with van der Waals surface area (Å²) in [5, 5.41) is 11.7. The SMILES string of the molecule is O=c1[nH]c(C2CCN(C3COCC3O)CC2)cc2ccccc12. The number of nitrogens with one attached hydrogen (secondary N) is 1. The molecule has 2 unspecified atom stereocenters. The number of hydrogen-bond donors (Lipinski definition) is 2. The molecule has 0 saturated carbocycles. The molecule has 122 valence electrons. The van der Waals surface area contributed by atoms with Gasteiger partial charge in [0.05, 0.1) is 25.4 Å². The monoisotopic (exact) mass is 314 g/mol. The number of aliphatic hydroxyl groups excluding tert-OH is 1. The van der Waals surface area contributed by atoms with Gasteiger partial charge in [-0.05, 0) is 43.5 Å². The normalized spacial score (nSPS) is 26.8. The van der Waals surface area contributed by atoms with E-state index < -0.39 is 0 Å². The van der Waals surface area contributed by atoms with Gasteiger partial charge in [-0.3, -0.25) is 9.69 Å². The van der Waals surface area contributed by atoms with Gasteiger partial charge in [-0.25, -0.2) is 0 Å². The van der Waals surface area contributed by atoms with Gasteiger partial charge in [-0.2, -0.15) is 0 Å². The molecule has 0 spiro atoms. The predicted molar refractivity (Wildman–Crippen MR) is 88.7 cm³/mol. The van der Waals surface area contributed by atoms with Gasteiger partial charge in [0.15, 0.2) is 0 Å². The summed E-state index contributed by atoms with van der Waals surface area (Å²) in [5.74, 6) is 0.378. The van der Waals surface area contributed by atoms with E-state index in [1.807, 2.05) is 24.3 Å². The number of aromatic nitrogens is 1. The van der Waals surface area contributed by atoms with Gasteiger partial charge < -0.3 is 14.8 Å². The lowest BCUT2D eigenvalue weighted by atomic mass is 9.91. The summed E-state index contributed by atoms with van der Waals surface area (Å²) >= 11 is 0. The summed E-state index contributed by atoms with van der Waals surface area (Å²) in [6.45, 7) is 2.94. The minimum absolute atomic E-state index is 0.000134. The Kier molecular flexibility index (Phi) is 3.93. The van der Waals surface area contributed by atoms with Crippen LogP contribution in [0.3, 0.4) is 0 Å². The third-order valence-electron chi connectivity index (χ3n) is 5.23. The lowest BCUT2D eigenvalue weighted by Crippen LogP contribution is -2.46. The highest BCUT2D eigenvalue weighted by Crippen LogP contribution is 2.29. The van der Waals surface area contributed by atoms with Crippen LogP contribution in [0.25, 0.3) is 10.8 Å². The van der Waals surface area contributed by atoms with Crippen LogP contribution in [-0.2, 0) is 4.74 Å². The van der Waals surface area contributed by atoms with Crippen molar-refractivity contribution >= 4 is 10.8 Å². The number of benzene rings is 1. The van der Waals surface area contributed by atoms with Crippen LogP contribution >= 0.6 is 0 Å². The zero-order valence-corrected chi connectivity index (χ0v) is 13.1. The number of fused-ring (bicyclic) bond motifs is 1. The molecule has 2 saturated heterocycles. The summed E-state index contributed by atoms with van der Waals surface area (Å²) in [6, 6.07) is 9.97. The lowest BCUT2D eigenvalue weighted by Gasteiger charge is -2.36. The highest BCUT2D eigenvalue weighted by atomic mass is 16.5. The molecule has 2 aliphatic heterocycles. The Balaban J connectivity index is 1.51. The second-order valence-corrected chi connectivity index (χ2v) is 6.62. The zero-order chi connectivity index (χ0) is 15.8. The number of aliphatic hydroxyl groups is 1. The van der Waals surface area contributed by atoms with E-state index >= 15 is 0 Å². The van der Waals surface area contributed by atoms with Crippen molar-refractivity contribution in [2.24, 2.45) is 0 Å². The molecule has 2 atom stereocenters. The van der Waals surface area contributed by atoms with E-state index in [1.165, 1.54) is 0 Å². The quantitative estimate of drug-likeness (QED) is 0.881. The van der Waals surface area contributed by atoms with E-state index in [9.17, 15) is 9.90 Å². The molecule has 0 amide bonds. The van der Waals surface area contributed by atoms with E-state index in [0.717, 1.165) is 42.4 Å². The van der Waals surface area contributed by atoms with Gasteiger partial charge in [0.25, 0.3) is 5.56 Å². The van der Waals surface area contributed by atoms with E-state index in [2.05, 4.69) is 16.0 Å². The zero-order valence-electron chi connectivity index (χ0n) is 13.1. The Hall–Kier alpha value is -1.69. The van der Waals surface area contributed by atoms with Gasteiger partial charge in [0, 0.05) is 17.0 Å². The maximum atomic E-state index is 12.2. The molecule has 5 nitrogen and oxygen atoms in total. The fraction of sp³-hybridized carbons (Fsp3) is 0.500. The first-order valence-electron chi connectivity index (χ1n) is 8.34. The Labute approximate surface area is 134 Å². The Morgan fingerprint density at radius 1 is 1.17 bits per heavy atom. The number of nitrogens with zero attached hydrogens (tertiary/aromatic N) is 1. The fourth-order valence-corrected chi connectivity index (χ4v) is 3.87. The number of H-pyrrole nitrogens is 1. The van der Waals surface area contributed by atoms with Gasteiger partial charge in [-0.15, -0.1) is 0 Å². The second kappa shape index (κ2) is 6.07. The van der Waals surface area contributed by atoms with Crippen molar-refractivity contribution in [3.05, 3.63) is 46.4 Å². The Bertz CT molecular complexity index is 749. The van der Waals surface area contributed by atoms with E-state index in [0.29, 0.717) is 19.1 Å². The highest BCUT2D eigenvalue weighted by molar-refractivity contribution is 5.81. The van der Waals surface area contributed by atoms with Crippen LogP contribution < -0.4 is 5.56 Å². The van der Waals surface area contributed by atoms with Gasteiger partial charge >= 0.3 is 0 Å². The van der Waals surface area contributed by atoms with Crippen molar-refractivity contribution in [1.82, 2.24) is 9.88 Å². The predicted octanol–water partition coefficient (Wildman–Crippen LogP) is 1.47. The number of likely N-dealkylation sites (tertiary alicyclic amines) is 1. The molecule has 1 aromatic carbocycles. The van der Waals surface area contributed by atoms with Crippen LogP contribution in [0.2, 0.25) is 0 Å². The average molecular weight is 314 g/mol. The van der Waals surface area contributed by atoms with Crippen molar-refractivity contribution in [3.63, 3.8) is 0 Å². The highest BCUT2D eigenvalue weighted by Gasteiger charge is 2.34. The van der Waals surface area contributed by atoms with Crippen molar-refractivity contribution in [2.45, 2.75) is 30.9 Å². The van der Waals surface area contributed by atoms with E-state index in [1.54, 1.807) is 0 Å². The molecule has 0 bridgehead atoms. The number of hydrogen-bond acceptors (Lipinski definition) is 4. The van der Waals surface area contributed by atoms with Crippen LogP contribution in [0.5, 0.6) is 0 Å². The molecule has 23 heavy (non-hydrogen) atoms. The topological polar surface area (TPSA) is 65.6 Å². The molecule has 2 aromatic rings. The third kappa shape index (κ3) is 2.80. The van der Waals surface area contributed by atoms with Crippen molar-refractivity contribution in [3.8, 4) is 0 Å². The third-order valence-corrected chi connectivity index (χ3v) is 5.23. The molecular weight excluding hydrogens is 292 g/mol. The summed E-state index contributed by atoms with van der Waals surface area (Å²) in [4.78, 5) is 17.6. The number of rotatable bonds is 2. The van der Waals surface area contributed by atoms with Gasteiger partial charge in [-0.1, -0.05) is 18.2 Å². The Morgan fingerprint density at radius 3 is 2.70 bits per heavy atom. The Morgan fingerprint density at radius 2 is 1.96 bits per heavy atom. The first-order chi connectivity index (χ1) is 11.2. The van der Waals surface area contributed by atoms with Gasteiger partial charge in [0.2, 0.25) is 0 Å². The molecule has 1 aromatic heterocycles. The lowest BCUT2D eigenvalue weighted by molar-refractivity contribution is 0.0660. The van der Waals surface area contributed by atoms with E-state index in [-0.39, 0.29) is 17.7 Å². The first-order valence-corrected chi connectivity index (χ1v) is 8.34. The van der Waals surface area contributed by atoms with Crippen LogP contribution in [-0.4, -0.2) is 53.4 Å². The van der Waals surface area contributed by atoms with Crippen molar-refractivity contribution < 1.29 is 9.84 Å². The van der Waals surface area contributed by atoms with Crippen molar-refractivity contribution in [2.75, 3.05) is 26.3 Å². The molecular formula is C18H22N2O3. The summed E-state index contributed by atoms with van der Waals surface area (Å²) in [5.41, 5.74) is 1.04. The molecule has 2 aliphatic rings. The minimum atomic E-state index is -0.368. The number of aromatic amines is 1. The summed E-state index contributed by atoms with van der Waals surface area (Å²) in [7, 11) is 0. The summed E-state index contributed by atoms with van der Waals surface area (Å²) in [6.07, 6.45) is 1.63. The van der Waals surface area contributed by atoms with Crippen LogP contribution in [0, 0.1) is 0 Å². The molecule has 2 N–H and O–H groups in total. The van der Waals surface area contributed by atoms with Crippen LogP contribution in [0.1, 0.15) is 24.5 Å². The standard InChI is InChI=1S/C18H22N2O3/c21-17-11-23-10-16(17)20-7-5-12(6-8-20)15-9-13-3-1-2-4-14(13)18(22)19-15/h1-4,9,12,16-17,21H,5-8,10-11H2,(H,19,22). The fourth-order valence-electron chi connectivity index (χ4n) is 3.87. The molecule has 2 fully saturated rings. The molecule has 0 radical (unpaired) electrons. The molecule has 5 heteroatoms. The first kappa shape index (κ1) is 14.9. The van der Waals surface area contributed by atoms with Crippen LogP contribution in [0.15, 0.2) is 35.1 Å². The van der Waals surface area contributed by atoms with Crippen molar-refractivity contribution in [1.29, 1.82) is 0 Å². The molecule has 3 heterocycles. The second-order valence-electron chi connectivity index (χ2n) is 6.62. The minimum Gasteiger partial charge on any atom is -0.389 e. The van der Waals surface area contributed by atoms with Crippen LogP contribution in [0.4, 0.5) is 0 Å². The number of pyridine rings is 1. The number of piperidine rings is 1. The largest absolute Gasteiger partial charge is 0.389 e. The van der Waals surface area contributed by atoms with E-state index in [4.69, 9.17) is 4.74 Å². The molecule has 0 aliphatic carbocycles. The average Bonchev–Trinajstić information content (AvgIpc) is 3.01.